The van der Waals surface area contributed by atoms with Crippen molar-refractivity contribution in [1.82, 2.24) is 0 Å². The van der Waals surface area contributed by atoms with E-state index in [1.165, 1.54) is 12.2 Å². The number of phenols is 1. The number of rotatable bonds is 2. The van der Waals surface area contributed by atoms with Crippen LogP contribution in [0, 0.1) is 5.92 Å². The van der Waals surface area contributed by atoms with E-state index in [9.17, 15) is 10.2 Å². The van der Waals surface area contributed by atoms with Crippen LogP contribution in [0.1, 0.15) is 24.5 Å². The molecule has 15 heavy (non-hydrogen) atoms. The Morgan fingerprint density at radius 2 is 2.27 bits per heavy atom. The summed E-state index contributed by atoms with van der Waals surface area (Å²) >= 11 is 1.91. The first-order valence-corrected chi connectivity index (χ1v) is 6.47. The van der Waals surface area contributed by atoms with Gasteiger partial charge in [0.15, 0.2) is 0 Å². The fourth-order valence-corrected chi connectivity index (χ4v) is 3.18. The minimum Gasteiger partial charge on any atom is -0.508 e. The van der Waals surface area contributed by atoms with Gasteiger partial charge in [-0.2, -0.15) is 11.8 Å². The maximum Gasteiger partial charge on any atom is 0.115 e. The van der Waals surface area contributed by atoms with E-state index in [1.807, 2.05) is 17.8 Å². The average molecular weight is 224 g/mol. The van der Waals surface area contributed by atoms with E-state index in [4.69, 9.17) is 0 Å². The summed E-state index contributed by atoms with van der Waals surface area (Å²) in [6.07, 6.45) is 1.85. The summed E-state index contributed by atoms with van der Waals surface area (Å²) in [7, 11) is 0. The molecule has 1 heterocycles. The van der Waals surface area contributed by atoms with Crippen molar-refractivity contribution in [2.24, 2.45) is 5.92 Å². The fraction of sp³-hybridized carbons (Fsp3) is 0.500. The summed E-state index contributed by atoms with van der Waals surface area (Å²) in [5.74, 6) is 2.81. The first kappa shape index (κ1) is 10.8. The molecule has 0 radical (unpaired) electrons. The number of hydrogen-bond acceptors (Lipinski definition) is 3. The molecule has 82 valence electrons. The van der Waals surface area contributed by atoms with Crippen molar-refractivity contribution in [1.29, 1.82) is 0 Å². The van der Waals surface area contributed by atoms with Crippen LogP contribution in [-0.2, 0) is 0 Å². The minimum atomic E-state index is -0.426. The van der Waals surface area contributed by atoms with Gasteiger partial charge in [-0.1, -0.05) is 12.1 Å². The quantitative estimate of drug-likeness (QED) is 0.811. The lowest BCUT2D eigenvalue weighted by atomic mass is 9.93. The molecular weight excluding hydrogens is 208 g/mol. The number of aliphatic hydroxyl groups is 1. The Hall–Kier alpha value is -0.670. The van der Waals surface area contributed by atoms with Gasteiger partial charge in [-0.25, -0.2) is 0 Å². The Balaban J connectivity index is 2.08. The van der Waals surface area contributed by atoms with E-state index >= 15 is 0 Å². The third-order valence-corrected chi connectivity index (χ3v) is 4.09. The first-order valence-electron chi connectivity index (χ1n) is 5.32. The molecule has 1 aliphatic heterocycles. The predicted molar refractivity (Wildman–Crippen MR) is 63.1 cm³/mol. The predicted octanol–water partition coefficient (Wildman–Crippen LogP) is 2.57. The second-order valence-corrected chi connectivity index (χ2v) is 5.17. The summed E-state index contributed by atoms with van der Waals surface area (Å²) in [4.78, 5) is 0. The molecule has 1 fully saturated rings. The highest BCUT2D eigenvalue weighted by Crippen LogP contribution is 2.33. The molecule has 1 saturated heterocycles. The highest BCUT2D eigenvalue weighted by Gasteiger charge is 2.23. The molecular formula is C12H16O2S. The van der Waals surface area contributed by atoms with Crippen molar-refractivity contribution in [2.75, 3.05) is 11.5 Å². The van der Waals surface area contributed by atoms with Gasteiger partial charge in [-0.15, -0.1) is 0 Å². The van der Waals surface area contributed by atoms with Gasteiger partial charge in [0.2, 0.25) is 0 Å². The lowest BCUT2D eigenvalue weighted by molar-refractivity contribution is 0.113. The molecule has 2 nitrogen and oxygen atoms in total. The maximum absolute atomic E-state index is 10.1. The Morgan fingerprint density at radius 3 is 2.93 bits per heavy atom. The van der Waals surface area contributed by atoms with Crippen LogP contribution >= 0.6 is 11.8 Å². The number of thioether (sulfide) groups is 1. The molecule has 1 aliphatic rings. The summed E-state index contributed by atoms with van der Waals surface area (Å²) < 4.78 is 0. The van der Waals surface area contributed by atoms with Crippen molar-refractivity contribution in [2.45, 2.75) is 18.9 Å². The number of benzene rings is 1. The summed E-state index contributed by atoms with van der Waals surface area (Å²) in [5, 5.41) is 19.5. The molecule has 0 amide bonds. The van der Waals surface area contributed by atoms with Crippen molar-refractivity contribution in [3.63, 3.8) is 0 Å². The smallest absolute Gasteiger partial charge is 0.115 e. The summed E-state index contributed by atoms with van der Waals surface area (Å²) in [6.45, 7) is 0. The largest absolute Gasteiger partial charge is 0.508 e. The molecule has 0 spiro atoms. The van der Waals surface area contributed by atoms with Gasteiger partial charge in [0.25, 0.3) is 0 Å². The molecule has 0 bridgehead atoms. The Labute approximate surface area is 94.3 Å². The Bertz CT molecular complexity index is 321. The van der Waals surface area contributed by atoms with Crippen LogP contribution in [0.25, 0.3) is 0 Å². The molecule has 2 rings (SSSR count). The highest BCUT2D eigenvalue weighted by molar-refractivity contribution is 7.99. The van der Waals surface area contributed by atoms with Crippen LogP contribution < -0.4 is 0 Å². The lowest BCUT2D eigenvalue weighted by Gasteiger charge is -2.26. The van der Waals surface area contributed by atoms with Crippen molar-refractivity contribution < 1.29 is 10.2 Å². The molecule has 0 aromatic heterocycles. The van der Waals surface area contributed by atoms with E-state index in [-0.39, 0.29) is 5.75 Å². The monoisotopic (exact) mass is 224 g/mol. The Kier molecular flexibility index (Phi) is 3.54. The first-order chi connectivity index (χ1) is 7.27. The number of aliphatic hydroxyl groups excluding tert-OH is 1. The minimum absolute atomic E-state index is 0.231. The molecule has 3 heteroatoms. The maximum atomic E-state index is 10.1. The summed E-state index contributed by atoms with van der Waals surface area (Å²) in [5.41, 5.74) is 0.836. The van der Waals surface area contributed by atoms with Gasteiger partial charge >= 0.3 is 0 Å². The van der Waals surface area contributed by atoms with Crippen molar-refractivity contribution in [3.05, 3.63) is 29.8 Å². The zero-order valence-electron chi connectivity index (χ0n) is 8.60. The molecule has 2 N–H and O–H groups in total. The molecule has 0 aliphatic carbocycles. The second-order valence-electron chi connectivity index (χ2n) is 4.02. The van der Waals surface area contributed by atoms with E-state index in [0.29, 0.717) is 5.92 Å². The highest BCUT2D eigenvalue weighted by atomic mass is 32.2. The lowest BCUT2D eigenvalue weighted by Crippen LogP contribution is -2.18. The van der Waals surface area contributed by atoms with Gasteiger partial charge in [0, 0.05) is 0 Å². The van der Waals surface area contributed by atoms with E-state index in [1.54, 1.807) is 18.2 Å². The number of phenolic OH excluding ortho intramolecular Hbond substituents is 1. The zero-order chi connectivity index (χ0) is 10.7. The molecule has 1 aromatic carbocycles. The summed E-state index contributed by atoms with van der Waals surface area (Å²) in [6, 6.07) is 6.95. The Morgan fingerprint density at radius 1 is 1.40 bits per heavy atom. The molecule has 0 saturated carbocycles. The van der Waals surface area contributed by atoms with Crippen LogP contribution in [0.5, 0.6) is 5.75 Å². The van der Waals surface area contributed by atoms with Crippen molar-refractivity contribution >= 4 is 11.8 Å². The van der Waals surface area contributed by atoms with Crippen molar-refractivity contribution in [3.8, 4) is 5.75 Å². The molecule has 2 unspecified atom stereocenters. The number of hydrogen-bond donors (Lipinski definition) is 2. The van der Waals surface area contributed by atoms with E-state index in [0.717, 1.165) is 17.7 Å². The van der Waals surface area contributed by atoms with Crippen LogP contribution in [0.3, 0.4) is 0 Å². The topological polar surface area (TPSA) is 40.5 Å². The number of aromatic hydroxyl groups is 1. The second kappa shape index (κ2) is 4.90. The van der Waals surface area contributed by atoms with Gasteiger partial charge < -0.3 is 10.2 Å². The average Bonchev–Trinajstić information content (AvgIpc) is 2.29. The van der Waals surface area contributed by atoms with E-state index < -0.39 is 6.10 Å². The zero-order valence-corrected chi connectivity index (χ0v) is 9.41. The standard InChI is InChI=1S/C12H16O2S/c13-11-5-1-3-9(7-11)12(14)10-4-2-6-15-8-10/h1,3,5,7,10,12-14H,2,4,6,8H2. The molecule has 1 aromatic rings. The van der Waals surface area contributed by atoms with Gasteiger partial charge in [0.05, 0.1) is 6.10 Å². The fourth-order valence-electron chi connectivity index (χ4n) is 2.00. The SMILES string of the molecule is Oc1cccc(C(O)C2CCCSC2)c1. The third kappa shape index (κ3) is 2.67. The van der Waals surface area contributed by atoms with Gasteiger partial charge in [-0.3, -0.25) is 0 Å². The third-order valence-electron chi connectivity index (χ3n) is 2.85. The van der Waals surface area contributed by atoms with Crippen LogP contribution in [0.2, 0.25) is 0 Å². The molecule has 2 atom stereocenters. The van der Waals surface area contributed by atoms with Crippen LogP contribution in [0.4, 0.5) is 0 Å². The van der Waals surface area contributed by atoms with Crippen LogP contribution in [-0.4, -0.2) is 21.7 Å². The van der Waals surface area contributed by atoms with Gasteiger partial charge in [0.1, 0.15) is 5.75 Å². The van der Waals surface area contributed by atoms with Gasteiger partial charge in [-0.05, 0) is 48.0 Å². The normalized spacial score (nSPS) is 23.7. The van der Waals surface area contributed by atoms with Crippen LogP contribution in [0.15, 0.2) is 24.3 Å². The van der Waals surface area contributed by atoms with E-state index in [2.05, 4.69) is 0 Å².